The summed E-state index contributed by atoms with van der Waals surface area (Å²) in [5.41, 5.74) is 11.6. The number of aliphatic hydroxyl groups excluding tert-OH is 2. The molecule has 0 spiro atoms. The molecule has 1 aliphatic heterocycles. The lowest BCUT2D eigenvalue weighted by Crippen LogP contribution is -2.40. The van der Waals surface area contributed by atoms with Crippen LogP contribution in [0.2, 0.25) is 0 Å². The quantitative estimate of drug-likeness (QED) is 0.384. The van der Waals surface area contributed by atoms with Gasteiger partial charge in [0.15, 0.2) is 12.0 Å². The number of nitrogens with zero attached hydrogens (tertiary/aromatic N) is 5. The first-order valence-electron chi connectivity index (χ1n) is 5.90. The molecule has 0 radical (unpaired) electrons. The van der Waals surface area contributed by atoms with Crippen LogP contribution in [-0.2, 0) is 4.74 Å². The molecular weight excluding hydrogens is 268 g/mol. The molecule has 108 valence electrons. The number of nitrogen functional groups attached to an aromatic ring is 1. The van der Waals surface area contributed by atoms with Gasteiger partial charge in [0, 0.05) is 11.1 Å². The van der Waals surface area contributed by atoms with Gasteiger partial charge in [0.2, 0.25) is 0 Å². The molecule has 0 bridgehead atoms. The fourth-order valence-electron chi connectivity index (χ4n) is 2.13. The van der Waals surface area contributed by atoms with Crippen LogP contribution in [0.15, 0.2) is 22.2 Å². The Kier molecular flexibility index (Phi) is 3.64. The first-order chi connectivity index (χ1) is 9.45. The topological polar surface area (TPSA) is 159 Å². The van der Waals surface area contributed by atoms with Crippen molar-refractivity contribution in [3.8, 4) is 0 Å². The van der Waals surface area contributed by atoms with Crippen LogP contribution in [0, 0.1) is 0 Å². The van der Waals surface area contributed by atoms with Gasteiger partial charge in [0.1, 0.15) is 18.0 Å². The molecule has 10 heteroatoms. The molecule has 4 atom stereocenters. The lowest BCUT2D eigenvalue weighted by Gasteiger charge is -2.24. The second-order valence-electron chi connectivity index (χ2n) is 4.37. The molecule has 1 saturated heterocycles. The second-order valence-corrected chi connectivity index (χ2v) is 4.37. The Hall–Kier alpha value is -2.13. The number of ether oxygens (including phenoxy) is 1. The van der Waals surface area contributed by atoms with Gasteiger partial charge in [-0.1, -0.05) is 12.0 Å². The molecule has 0 unspecified atom stereocenters. The molecule has 2 heterocycles. The van der Waals surface area contributed by atoms with Gasteiger partial charge in [-0.15, -0.1) is 0 Å². The zero-order valence-corrected chi connectivity index (χ0v) is 10.6. The van der Waals surface area contributed by atoms with E-state index in [0.717, 1.165) is 4.57 Å². The van der Waals surface area contributed by atoms with Crippen molar-refractivity contribution in [3.63, 3.8) is 0 Å². The Labute approximate surface area is 113 Å². The van der Waals surface area contributed by atoms with Crippen LogP contribution in [0.4, 0.5) is 5.82 Å². The molecule has 20 heavy (non-hydrogen) atoms. The van der Waals surface area contributed by atoms with Crippen molar-refractivity contribution in [2.75, 3.05) is 5.73 Å². The normalized spacial score (nSPS) is 32.9. The summed E-state index contributed by atoms with van der Waals surface area (Å²) in [6, 6.07) is 1.35. The number of aromatic nitrogens is 2. The van der Waals surface area contributed by atoms with Gasteiger partial charge < -0.3 is 20.7 Å². The molecule has 0 aliphatic carbocycles. The van der Waals surface area contributed by atoms with Gasteiger partial charge >= 0.3 is 5.69 Å². The predicted octanol–water partition coefficient (Wildman–Crippen LogP) is -0.507. The van der Waals surface area contributed by atoms with Crippen molar-refractivity contribution < 1.29 is 14.9 Å². The van der Waals surface area contributed by atoms with Crippen molar-refractivity contribution in [2.45, 2.75) is 37.5 Å². The Morgan fingerprint density at radius 3 is 2.95 bits per heavy atom. The molecule has 0 amide bonds. The Morgan fingerprint density at radius 2 is 2.40 bits per heavy atom. The zero-order chi connectivity index (χ0) is 14.9. The third-order valence-corrected chi connectivity index (χ3v) is 3.25. The Bertz CT molecular complexity index is 612. The summed E-state index contributed by atoms with van der Waals surface area (Å²) in [4.78, 5) is 17.9. The number of hydrogen-bond acceptors (Lipinski definition) is 7. The highest BCUT2D eigenvalue weighted by molar-refractivity contribution is 5.23. The zero-order valence-electron chi connectivity index (χ0n) is 10.6. The van der Waals surface area contributed by atoms with Gasteiger partial charge in [0.05, 0.1) is 0 Å². The van der Waals surface area contributed by atoms with Crippen LogP contribution in [0.3, 0.4) is 0 Å². The van der Waals surface area contributed by atoms with E-state index in [-0.39, 0.29) is 12.2 Å². The number of azide groups is 1. The van der Waals surface area contributed by atoms with Crippen LogP contribution >= 0.6 is 0 Å². The molecule has 0 saturated carbocycles. The van der Waals surface area contributed by atoms with E-state index in [1.54, 1.807) is 6.92 Å². The predicted molar refractivity (Wildman–Crippen MR) is 67.2 cm³/mol. The minimum atomic E-state index is -1.63. The van der Waals surface area contributed by atoms with Crippen LogP contribution in [0.1, 0.15) is 19.6 Å². The average Bonchev–Trinajstić information content (AvgIpc) is 2.65. The molecule has 1 fully saturated rings. The summed E-state index contributed by atoms with van der Waals surface area (Å²) in [6.07, 6.45) is -2.70. The molecule has 0 aromatic carbocycles. The molecule has 4 N–H and O–H groups in total. The minimum Gasteiger partial charge on any atom is -0.387 e. The van der Waals surface area contributed by atoms with E-state index in [1.807, 2.05) is 0 Å². The SMILES string of the molecule is CC[C@@]1(N=[N+]=[N-])O[C@@H](n2ccc(N)nc2=O)[C@H](O)[C@@H]1O. The van der Waals surface area contributed by atoms with E-state index in [0.29, 0.717) is 0 Å². The van der Waals surface area contributed by atoms with Crippen LogP contribution in [-0.4, -0.2) is 37.7 Å². The standard InChI is InChI=1S/C10H14N6O4/c1-2-10(14-15-12)7(18)6(17)8(20-10)16-4-3-5(11)13-9(16)19/h3-4,6-8,17-18H,2H2,1H3,(H2,11,13,19)/t6-,7+,8-,10-/m1/s1. The molecular formula is C10H14N6O4. The summed E-state index contributed by atoms with van der Waals surface area (Å²) in [6.45, 7) is 1.62. The number of rotatable bonds is 3. The number of aliphatic hydroxyl groups is 2. The Balaban J connectivity index is 2.45. The lowest BCUT2D eigenvalue weighted by atomic mass is 10.0. The fourth-order valence-corrected chi connectivity index (χ4v) is 2.13. The van der Waals surface area contributed by atoms with Crippen LogP contribution < -0.4 is 11.4 Å². The lowest BCUT2D eigenvalue weighted by molar-refractivity contribution is -0.103. The van der Waals surface area contributed by atoms with Gasteiger partial charge in [-0.3, -0.25) is 4.57 Å². The molecule has 2 rings (SSSR count). The maximum atomic E-state index is 11.7. The van der Waals surface area contributed by atoms with E-state index in [4.69, 9.17) is 16.0 Å². The maximum Gasteiger partial charge on any atom is 0.351 e. The summed E-state index contributed by atoms with van der Waals surface area (Å²) in [5, 5.41) is 23.5. The van der Waals surface area contributed by atoms with E-state index in [2.05, 4.69) is 15.0 Å². The second kappa shape index (κ2) is 5.10. The first kappa shape index (κ1) is 14.3. The smallest absolute Gasteiger partial charge is 0.351 e. The van der Waals surface area contributed by atoms with Crippen LogP contribution in [0.5, 0.6) is 0 Å². The van der Waals surface area contributed by atoms with E-state index >= 15 is 0 Å². The fraction of sp³-hybridized carbons (Fsp3) is 0.600. The summed E-state index contributed by atoms with van der Waals surface area (Å²) in [7, 11) is 0. The third-order valence-electron chi connectivity index (χ3n) is 3.25. The highest BCUT2D eigenvalue weighted by Crippen LogP contribution is 2.39. The summed E-state index contributed by atoms with van der Waals surface area (Å²) >= 11 is 0. The molecule has 10 nitrogen and oxygen atoms in total. The highest BCUT2D eigenvalue weighted by atomic mass is 16.6. The third kappa shape index (κ3) is 2.10. The van der Waals surface area contributed by atoms with Crippen LogP contribution in [0.25, 0.3) is 10.4 Å². The maximum absolute atomic E-state index is 11.7. The number of anilines is 1. The van der Waals surface area contributed by atoms with E-state index in [1.165, 1.54) is 12.3 Å². The van der Waals surface area contributed by atoms with Crippen molar-refractivity contribution in [3.05, 3.63) is 33.2 Å². The molecule has 1 aromatic rings. The minimum absolute atomic E-state index is 0.0242. The number of nitrogens with two attached hydrogens (primary N) is 1. The van der Waals surface area contributed by atoms with Crippen molar-refractivity contribution >= 4 is 5.82 Å². The first-order valence-corrected chi connectivity index (χ1v) is 5.90. The van der Waals surface area contributed by atoms with Crippen molar-refractivity contribution in [2.24, 2.45) is 5.11 Å². The summed E-state index contributed by atoms with van der Waals surface area (Å²) < 4.78 is 6.41. The largest absolute Gasteiger partial charge is 0.387 e. The van der Waals surface area contributed by atoms with Gasteiger partial charge in [-0.25, -0.2) is 4.79 Å². The van der Waals surface area contributed by atoms with Gasteiger partial charge in [0.25, 0.3) is 0 Å². The van der Waals surface area contributed by atoms with E-state index in [9.17, 15) is 15.0 Å². The number of hydrogen-bond donors (Lipinski definition) is 3. The molecule has 1 aromatic heterocycles. The highest BCUT2D eigenvalue weighted by Gasteiger charge is 2.53. The van der Waals surface area contributed by atoms with Crippen molar-refractivity contribution in [1.82, 2.24) is 9.55 Å². The van der Waals surface area contributed by atoms with Gasteiger partial charge in [-0.05, 0) is 18.0 Å². The Morgan fingerprint density at radius 1 is 1.70 bits per heavy atom. The summed E-state index contributed by atoms with van der Waals surface area (Å²) in [5.74, 6) is 0.0242. The monoisotopic (exact) mass is 282 g/mol. The van der Waals surface area contributed by atoms with Crippen molar-refractivity contribution in [1.29, 1.82) is 0 Å². The molecule has 1 aliphatic rings. The van der Waals surface area contributed by atoms with E-state index < -0.39 is 29.9 Å². The average molecular weight is 282 g/mol. The van der Waals surface area contributed by atoms with Gasteiger partial charge in [-0.2, -0.15) is 4.98 Å².